The normalized spacial score (nSPS) is 15.5. The maximum absolute atomic E-state index is 12.8. The number of amides is 2. The van der Waals surface area contributed by atoms with Crippen LogP contribution in [0.3, 0.4) is 0 Å². The number of carbonyl (C=O) groups is 2. The van der Waals surface area contributed by atoms with Crippen LogP contribution in [0.5, 0.6) is 0 Å². The van der Waals surface area contributed by atoms with Crippen molar-refractivity contribution in [2.24, 2.45) is 5.92 Å². The van der Waals surface area contributed by atoms with E-state index in [1.165, 1.54) is 0 Å². The van der Waals surface area contributed by atoms with Gasteiger partial charge in [0.1, 0.15) is 6.17 Å². The van der Waals surface area contributed by atoms with Crippen molar-refractivity contribution >= 4 is 17.5 Å². The molecular formula is C23H29N3O3. The molecule has 0 bridgehead atoms. The number of methoxy groups -OCH3 is 1. The summed E-state index contributed by atoms with van der Waals surface area (Å²) >= 11 is 0. The summed E-state index contributed by atoms with van der Waals surface area (Å²) in [6, 6.07) is 15.1. The Bertz CT molecular complexity index is 849. The van der Waals surface area contributed by atoms with Crippen molar-refractivity contribution in [2.45, 2.75) is 26.4 Å². The van der Waals surface area contributed by atoms with E-state index in [2.05, 4.69) is 24.5 Å². The lowest BCUT2D eigenvalue weighted by atomic mass is 10.1. The maximum Gasteiger partial charge on any atom is 0.256 e. The number of anilines is 1. The molecule has 1 heterocycles. The highest BCUT2D eigenvalue weighted by atomic mass is 16.5. The molecule has 29 heavy (non-hydrogen) atoms. The van der Waals surface area contributed by atoms with E-state index in [-0.39, 0.29) is 18.0 Å². The minimum absolute atomic E-state index is 0.0545. The zero-order chi connectivity index (χ0) is 20.8. The smallest absolute Gasteiger partial charge is 0.256 e. The standard InChI is InChI=1S/C23H29N3O3/c1-16(2)15-26-21(19-7-4-5-8-20(19)23(26)28)25-18-11-9-17(10-12-18)22(27)24-13-6-14-29-3/h4-5,7-12,16,21,25H,6,13-15H2,1-3H3,(H,24,27)/t21-/m1/s1. The minimum Gasteiger partial charge on any atom is -0.385 e. The van der Waals surface area contributed by atoms with Gasteiger partial charge in [0.05, 0.1) is 0 Å². The Kier molecular flexibility index (Phi) is 6.88. The first kappa shape index (κ1) is 20.9. The molecule has 3 rings (SSSR count). The van der Waals surface area contributed by atoms with Crippen molar-refractivity contribution in [3.63, 3.8) is 0 Å². The van der Waals surface area contributed by atoms with Gasteiger partial charge in [0.15, 0.2) is 0 Å². The molecule has 0 fully saturated rings. The molecule has 0 spiro atoms. The highest BCUT2D eigenvalue weighted by Crippen LogP contribution is 2.34. The van der Waals surface area contributed by atoms with Gasteiger partial charge >= 0.3 is 0 Å². The molecule has 2 amide bonds. The zero-order valence-electron chi connectivity index (χ0n) is 17.3. The van der Waals surface area contributed by atoms with Gasteiger partial charge in [-0.05, 0) is 42.7 Å². The SMILES string of the molecule is COCCCNC(=O)c1ccc(N[C@H]2c3ccccc3C(=O)N2CC(C)C)cc1. The number of benzene rings is 2. The van der Waals surface area contributed by atoms with Gasteiger partial charge in [-0.1, -0.05) is 32.0 Å². The van der Waals surface area contributed by atoms with E-state index in [9.17, 15) is 9.59 Å². The van der Waals surface area contributed by atoms with Crippen molar-refractivity contribution in [1.29, 1.82) is 0 Å². The average molecular weight is 396 g/mol. The monoisotopic (exact) mass is 395 g/mol. The molecule has 1 atom stereocenters. The van der Waals surface area contributed by atoms with Gasteiger partial charge in [0, 0.05) is 49.2 Å². The van der Waals surface area contributed by atoms with Crippen LogP contribution >= 0.6 is 0 Å². The van der Waals surface area contributed by atoms with E-state index in [1.807, 2.05) is 41.3 Å². The number of hydrogen-bond donors (Lipinski definition) is 2. The van der Waals surface area contributed by atoms with Gasteiger partial charge < -0.3 is 20.3 Å². The second-order valence-electron chi connectivity index (χ2n) is 7.67. The molecule has 0 saturated carbocycles. The Morgan fingerprint density at radius 1 is 1.14 bits per heavy atom. The summed E-state index contributed by atoms with van der Waals surface area (Å²) in [5, 5.41) is 6.35. The average Bonchev–Trinajstić information content (AvgIpc) is 2.97. The fourth-order valence-corrected chi connectivity index (χ4v) is 3.50. The fraction of sp³-hybridized carbons (Fsp3) is 0.391. The molecule has 0 saturated heterocycles. The quantitative estimate of drug-likeness (QED) is 0.636. The number of hydrogen-bond acceptors (Lipinski definition) is 4. The van der Waals surface area contributed by atoms with Crippen LogP contribution in [0.25, 0.3) is 0 Å². The van der Waals surface area contributed by atoms with Gasteiger partial charge in [0.2, 0.25) is 0 Å². The van der Waals surface area contributed by atoms with Gasteiger partial charge in [0.25, 0.3) is 11.8 Å². The van der Waals surface area contributed by atoms with Crippen molar-refractivity contribution < 1.29 is 14.3 Å². The van der Waals surface area contributed by atoms with Crippen LogP contribution < -0.4 is 10.6 Å². The number of ether oxygens (including phenoxy) is 1. The summed E-state index contributed by atoms with van der Waals surface area (Å²) in [5.41, 5.74) is 3.20. The second-order valence-corrected chi connectivity index (χ2v) is 7.67. The lowest BCUT2D eigenvalue weighted by Gasteiger charge is -2.28. The van der Waals surface area contributed by atoms with E-state index < -0.39 is 0 Å². The molecule has 6 nitrogen and oxygen atoms in total. The molecule has 154 valence electrons. The molecule has 1 aliphatic rings. The molecule has 2 aromatic rings. The van der Waals surface area contributed by atoms with Crippen molar-refractivity contribution in [3.8, 4) is 0 Å². The molecule has 1 aliphatic heterocycles. The van der Waals surface area contributed by atoms with Crippen LogP contribution in [0.1, 0.15) is 52.7 Å². The van der Waals surface area contributed by atoms with Crippen LogP contribution in [0.4, 0.5) is 5.69 Å². The van der Waals surface area contributed by atoms with E-state index >= 15 is 0 Å². The number of nitrogens with one attached hydrogen (secondary N) is 2. The van der Waals surface area contributed by atoms with Crippen molar-refractivity contribution in [1.82, 2.24) is 10.2 Å². The Balaban J connectivity index is 1.71. The molecule has 0 radical (unpaired) electrons. The summed E-state index contributed by atoms with van der Waals surface area (Å²) in [4.78, 5) is 26.9. The van der Waals surface area contributed by atoms with Crippen LogP contribution in [0.2, 0.25) is 0 Å². The van der Waals surface area contributed by atoms with Crippen LogP contribution in [0.15, 0.2) is 48.5 Å². The third kappa shape index (κ3) is 4.95. The highest BCUT2D eigenvalue weighted by Gasteiger charge is 2.36. The summed E-state index contributed by atoms with van der Waals surface area (Å²) in [6.45, 7) is 6.09. The number of fused-ring (bicyclic) bond motifs is 1. The number of rotatable bonds is 9. The van der Waals surface area contributed by atoms with Gasteiger partial charge in [-0.15, -0.1) is 0 Å². The maximum atomic E-state index is 12.8. The van der Waals surface area contributed by atoms with Crippen LogP contribution in [0, 0.1) is 5.92 Å². The largest absolute Gasteiger partial charge is 0.385 e. The second kappa shape index (κ2) is 9.56. The summed E-state index contributed by atoms with van der Waals surface area (Å²) in [7, 11) is 1.64. The molecule has 0 unspecified atom stereocenters. The first-order valence-corrected chi connectivity index (χ1v) is 10.0. The van der Waals surface area contributed by atoms with E-state index in [0.29, 0.717) is 31.2 Å². The van der Waals surface area contributed by atoms with E-state index in [4.69, 9.17) is 4.74 Å². The van der Waals surface area contributed by atoms with Gasteiger partial charge in [-0.25, -0.2) is 0 Å². The van der Waals surface area contributed by atoms with Crippen LogP contribution in [-0.2, 0) is 4.74 Å². The third-order valence-corrected chi connectivity index (χ3v) is 4.88. The lowest BCUT2D eigenvalue weighted by molar-refractivity contribution is 0.0720. The molecule has 6 heteroatoms. The van der Waals surface area contributed by atoms with E-state index in [1.54, 1.807) is 19.2 Å². The number of nitrogens with zero attached hydrogens (tertiary/aromatic N) is 1. The first-order valence-electron chi connectivity index (χ1n) is 10.0. The Labute approximate surface area is 172 Å². The van der Waals surface area contributed by atoms with Crippen molar-refractivity contribution in [3.05, 3.63) is 65.2 Å². The molecule has 0 aliphatic carbocycles. The Hall–Kier alpha value is -2.86. The minimum atomic E-state index is -0.213. The Morgan fingerprint density at radius 3 is 2.55 bits per heavy atom. The predicted molar refractivity (Wildman–Crippen MR) is 114 cm³/mol. The third-order valence-electron chi connectivity index (χ3n) is 4.88. The topological polar surface area (TPSA) is 70.7 Å². The highest BCUT2D eigenvalue weighted by molar-refractivity contribution is 5.99. The fourth-order valence-electron chi connectivity index (χ4n) is 3.50. The summed E-state index contributed by atoms with van der Waals surface area (Å²) in [5.74, 6) is 0.316. The van der Waals surface area contributed by atoms with Crippen molar-refractivity contribution in [2.75, 3.05) is 32.1 Å². The van der Waals surface area contributed by atoms with Gasteiger partial charge in [-0.3, -0.25) is 9.59 Å². The van der Waals surface area contributed by atoms with E-state index in [0.717, 1.165) is 23.2 Å². The molecular weight excluding hydrogens is 366 g/mol. The predicted octanol–water partition coefficient (Wildman–Crippen LogP) is 3.68. The van der Waals surface area contributed by atoms with Crippen LogP contribution in [-0.4, -0.2) is 43.5 Å². The van der Waals surface area contributed by atoms with Gasteiger partial charge in [-0.2, -0.15) is 0 Å². The molecule has 2 N–H and O–H groups in total. The summed E-state index contributed by atoms with van der Waals surface area (Å²) in [6.07, 6.45) is 0.567. The Morgan fingerprint density at radius 2 is 1.86 bits per heavy atom. The molecule has 2 aromatic carbocycles. The first-order chi connectivity index (χ1) is 14.0. The number of carbonyl (C=O) groups excluding carboxylic acids is 2. The summed E-state index contributed by atoms with van der Waals surface area (Å²) < 4.78 is 4.99. The lowest BCUT2D eigenvalue weighted by Crippen LogP contribution is -2.35. The molecule has 0 aromatic heterocycles. The zero-order valence-corrected chi connectivity index (χ0v) is 17.3.